The van der Waals surface area contributed by atoms with Crippen LogP contribution >= 0.6 is 11.6 Å². The van der Waals surface area contributed by atoms with Crippen LogP contribution in [-0.4, -0.2) is 44.9 Å². The number of phenolic OH excluding ortho intramolecular Hbond substituents is 2. The summed E-state index contributed by atoms with van der Waals surface area (Å²) >= 11 is 5.79. The van der Waals surface area contributed by atoms with Crippen molar-refractivity contribution in [2.45, 2.75) is 25.0 Å². The number of furan rings is 1. The van der Waals surface area contributed by atoms with E-state index < -0.39 is 12.1 Å². The molecule has 2 unspecified atom stereocenters. The number of rotatable bonds is 5. The number of piperazine rings is 1. The van der Waals surface area contributed by atoms with E-state index in [4.69, 9.17) is 16.0 Å². The first kappa shape index (κ1) is 17.2. The van der Waals surface area contributed by atoms with E-state index in [0.717, 1.165) is 0 Å². The summed E-state index contributed by atoms with van der Waals surface area (Å²) in [6, 6.07) is 6.16. The number of carbonyl (C=O) groups is 2. The summed E-state index contributed by atoms with van der Waals surface area (Å²) < 4.78 is 5.29. The van der Waals surface area contributed by atoms with E-state index in [9.17, 15) is 19.8 Å². The first-order chi connectivity index (χ1) is 12.0. The summed E-state index contributed by atoms with van der Waals surface area (Å²) in [5.74, 6) is -0.622. The molecule has 3 N–H and O–H groups in total. The van der Waals surface area contributed by atoms with Crippen molar-refractivity contribution < 1.29 is 24.2 Å². The first-order valence-corrected chi connectivity index (χ1v) is 8.23. The molecule has 0 aliphatic carbocycles. The summed E-state index contributed by atoms with van der Waals surface area (Å²) in [6.45, 7) is 0.140. The monoisotopic (exact) mass is 364 g/mol. The normalized spacial score (nSPS) is 20.6. The highest BCUT2D eigenvalue weighted by atomic mass is 35.5. The van der Waals surface area contributed by atoms with E-state index in [1.54, 1.807) is 18.2 Å². The minimum Gasteiger partial charge on any atom is -0.504 e. The van der Waals surface area contributed by atoms with Gasteiger partial charge in [-0.15, -0.1) is 11.6 Å². The predicted molar refractivity (Wildman–Crippen MR) is 89.2 cm³/mol. The van der Waals surface area contributed by atoms with E-state index in [1.165, 1.54) is 23.3 Å². The molecule has 0 spiro atoms. The molecular weight excluding hydrogens is 348 g/mol. The fourth-order valence-electron chi connectivity index (χ4n) is 2.81. The highest BCUT2D eigenvalue weighted by Crippen LogP contribution is 2.27. The lowest BCUT2D eigenvalue weighted by Crippen LogP contribution is -2.64. The van der Waals surface area contributed by atoms with Crippen LogP contribution in [0.1, 0.15) is 11.3 Å². The topological polar surface area (TPSA) is 103 Å². The van der Waals surface area contributed by atoms with Crippen molar-refractivity contribution in [3.05, 3.63) is 47.9 Å². The van der Waals surface area contributed by atoms with E-state index in [1.807, 2.05) is 0 Å². The molecule has 0 saturated carbocycles. The predicted octanol–water partition coefficient (Wildman–Crippen LogP) is 1.37. The number of carbonyl (C=O) groups excluding carboxylic acids is 2. The Kier molecular flexibility index (Phi) is 4.85. The zero-order valence-corrected chi connectivity index (χ0v) is 13.9. The molecule has 3 rings (SSSR count). The Hall–Kier alpha value is -2.67. The Morgan fingerprint density at radius 3 is 2.64 bits per heavy atom. The summed E-state index contributed by atoms with van der Waals surface area (Å²) in [6.07, 6.45) is 1.68. The minimum atomic E-state index is -0.784. The number of nitrogens with one attached hydrogen (secondary N) is 1. The average Bonchev–Trinajstić information content (AvgIpc) is 3.10. The highest BCUT2D eigenvalue weighted by molar-refractivity contribution is 6.20. The van der Waals surface area contributed by atoms with Crippen molar-refractivity contribution in [2.75, 3.05) is 5.88 Å². The largest absolute Gasteiger partial charge is 0.504 e. The summed E-state index contributed by atoms with van der Waals surface area (Å²) in [7, 11) is 0. The number of benzene rings is 1. The van der Waals surface area contributed by atoms with Crippen molar-refractivity contribution in [1.29, 1.82) is 0 Å². The van der Waals surface area contributed by atoms with Crippen LogP contribution in [0.4, 0.5) is 0 Å². The number of aromatic hydroxyl groups is 2. The molecule has 8 heteroatoms. The second kappa shape index (κ2) is 7.06. The summed E-state index contributed by atoms with van der Waals surface area (Å²) in [4.78, 5) is 26.6. The average molecular weight is 365 g/mol. The molecule has 1 saturated heterocycles. The molecule has 132 valence electrons. The van der Waals surface area contributed by atoms with Gasteiger partial charge in [-0.25, -0.2) is 0 Å². The van der Waals surface area contributed by atoms with Crippen LogP contribution in [0.3, 0.4) is 0 Å². The molecule has 2 amide bonds. The fraction of sp³-hybridized carbons (Fsp3) is 0.294. The lowest BCUT2D eigenvalue weighted by atomic mass is 9.99. The second-order valence-electron chi connectivity index (χ2n) is 5.80. The van der Waals surface area contributed by atoms with E-state index in [0.29, 0.717) is 11.3 Å². The maximum Gasteiger partial charge on any atom is 0.247 e. The number of hydrogen-bond acceptors (Lipinski definition) is 5. The zero-order chi connectivity index (χ0) is 18.0. The van der Waals surface area contributed by atoms with Crippen LogP contribution in [0.25, 0.3) is 0 Å². The molecule has 0 bridgehead atoms. The van der Waals surface area contributed by atoms with Gasteiger partial charge in [-0.2, -0.15) is 0 Å². The highest BCUT2D eigenvalue weighted by Gasteiger charge is 2.40. The number of phenols is 2. The Morgan fingerprint density at radius 2 is 2.00 bits per heavy atom. The Bertz CT molecular complexity index is 777. The second-order valence-corrected chi connectivity index (χ2v) is 6.11. The number of hydrogen-bond donors (Lipinski definition) is 3. The Morgan fingerprint density at radius 1 is 1.20 bits per heavy atom. The fourth-order valence-corrected chi connectivity index (χ4v) is 3.02. The maximum atomic E-state index is 12.6. The Balaban J connectivity index is 1.88. The maximum absolute atomic E-state index is 12.6. The summed E-state index contributed by atoms with van der Waals surface area (Å²) in [5.41, 5.74) is 0.608. The standard InChI is InChI=1S/C17H17ClN2O5/c18-8-12-17(24)20(9-11-2-1-5-25-11)13(16(23)19-12)6-10-3-4-14(21)15(22)7-10/h1-5,7,12-13,21-22H,6,8-9H2,(H,19,23). The molecule has 1 aliphatic heterocycles. The smallest absolute Gasteiger partial charge is 0.247 e. The molecule has 1 aromatic heterocycles. The molecule has 0 radical (unpaired) electrons. The van der Waals surface area contributed by atoms with Crippen LogP contribution in [0.2, 0.25) is 0 Å². The van der Waals surface area contributed by atoms with E-state index in [2.05, 4.69) is 5.32 Å². The third kappa shape index (κ3) is 3.56. The van der Waals surface area contributed by atoms with Gasteiger partial charge in [0.25, 0.3) is 0 Å². The van der Waals surface area contributed by atoms with Gasteiger partial charge in [0.05, 0.1) is 18.7 Å². The molecule has 2 aromatic rings. The van der Waals surface area contributed by atoms with Gasteiger partial charge in [-0.05, 0) is 29.8 Å². The quantitative estimate of drug-likeness (QED) is 0.549. The van der Waals surface area contributed by atoms with Gasteiger partial charge in [0.1, 0.15) is 17.8 Å². The van der Waals surface area contributed by atoms with Gasteiger partial charge in [-0.3, -0.25) is 9.59 Å². The zero-order valence-electron chi connectivity index (χ0n) is 13.2. The summed E-state index contributed by atoms with van der Waals surface area (Å²) in [5, 5.41) is 21.7. The van der Waals surface area contributed by atoms with Crippen molar-refractivity contribution in [3.63, 3.8) is 0 Å². The third-order valence-corrected chi connectivity index (χ3v) is 4.41. The van der Waals surface area contributed by atoms with Crippen LogP contribution in [-0.2, 0) is 22.6 Å². The van der Waals surface area contributed by atoms with Crippen molar-refractivity contribution in [2.24, 2.45) is 0 Å². The molecule has 2 heterocycles. The van der Waals surface area contributed by atoms with Gasteiger partial charge >= 0.3 is 0 Å². The SMILES string of the molecule is O=C1NC(CCl)C(=O)N(Cc2ccco2)C1Cc1ccc(O)c(O)c1. The van der Waals surface area contributed by atoms with Gasteiger partial charge in [0.2, 0.25) is 11.8 Å². The van der Waals surface area contributed by atoms with Crippen molar-refractivity contribution in [1.82, 2.24) is 10.2 Å². The Labute approximate surface area is 148 Å². The van der Waals surface area contributed by atoms with Crippen molar-refractivity contribution in [3.8, 4) is 11.5 Å². The van der Waals surface area contributed by atoms with Crippen LogP contribution in [0, 0.1) is 0 Å². The molecule has 2 atom stereocenters. The van der Waals surface area contributed by atoms with Gasteiger partial charge in [-0.1, -0.05) is 6.07 Å². The van der Waals surface area contributed by atoms with Gasteiger partial charge in [0, 0.05) is 6.42 Å². The van der Waals surface area contributed by atoms with Gasteiger partial charge in [0.15, 0.2) is 11.5 Å². The van der Waals surface area contributed by atoms with Crippen LogP contribution < -0.4 is 5.32 Å². The number of nitrogens with zero attached hydrogens (tertiary/aromatic N) is 1. The minimum absolute atomic E-state index is 0.0219. The van der Waals surface area contributed by atoms with Crippen LogP contribution in [0.5, 0.6) is 11.5 Å². The van der Waals surface area contributed by atoms with E-state index >= 15 is 0 Å². The lowest BCUT2D eigenvalue weighted by Gasteiger charge is -2.38. The molecule has 7 nitrogen and oxygen atoms in total. The van der Waals surface area contributed by atoms with Crippen LogP contribution in [0.15, 0.2) is 41.0 Å². The molecule has 25 heavy (non-hydrogen) atoms. The molecular formula is C17H17ClN2O5. The van der Waals surface area contributed by atoms with Crippen molar-refractivity contribution >= 4 is 23.4 Å². The lowest BCUT2D eigenvalue weighted by molar-refractivity contribution is -0.149. The first-order valence-electron chi connectivity index (χ1n) is 7.69. The van der Waals surface area contributed by atoms with Gasteiger partial charge < -0.3 is 24.8 Å². The number of amides is 2. The molecule has 1 aliphatic rings. The number of alkyl halides is 1. The number of halogens is 1. The molecule has 1 aromatic carbocycles. The van der Waals surface area contributed by atoms with E-state index in [-0.39, 0.29) is 42.2 Å². The third-order valence-electron chi connectivity index (χ3n) is 4.11. The molecule has 1 fully saturated rings.